The average molecular weight is 363 g/mol. The Bertz CT molecular complexity index is 807. The largest absolute Gasteiger partial charge is 0.486 e. The molecule has 1 aliphatic carbocycles. The molecule has 0 amide bonds. The van der Waals surface area contributed by atoms with Crippen LogP contribution in [-0.4, -0.2) is 42.9 Å². The number of nitrogens with zero attached hydrogens (tertiary/aromatic N) is 1. The van der Waals surface area contributed by atoms with Gasteiger partial charge in [0.1, 0.15) is 11.4 Å². The number of Topliss-reactive ketones (excluding diaryl/α,β-unsaturated/α-hetero) is 1. The normalized spacial score (nSPS) is 23.0. The summed E-state index contributed by atoms with van der Waals surface area (Å²) >= 11 is 0. The summed E-state index contributed by atoms with van der Waals surface area (Å²) in [5.74, 6) is 0.972. The molecule has 0 unspecified atom stereocenters. The minimum atomic E-state index is -3.17. The molecule has 0 atom stereocenters. The predicted molar refractivity (Wildman–Crippen MR) is 95.7 cm³/mol. The molecule has 1 spiro atoms. The van der Waals surface area contributed by atoms with E-state index in [9.17, 15) is 13.2 Å². The topological polar surface area (TPSA) is 63.7 Å². The number of ether oxygens (including phenoxy) is 1. The molecule has 136 valence electrons. The molecule has 5 nitrogen and oxygen atoms in total. The van der Waals surface area contributed by atoms with Gasteiger partial charge in [0.2, 0.25) is 10.0 Å². The molecule has 1 fully saturated rings. The maximum atomic E-state index is 12.8. The minimum Gasteiger partial charge on any atom is -0.486 e. The van der Waals surface area contributed by atoms with Gasteiger partial charge in [-0.2, -0.15) is 0 Å². The summed E-state index contributed by atoms with van der Waals surface area (Å²) < 4.78 is 32.0. The van der Waals surface area contributed by atoms with Crippen molar-refractivity contribution in [2.24, 2.45) is 0 Å². The summed E-state index contributed by atoms with van der Waals surface area (Å²) in [7, 11) is -3.17. The highest BCUT2D eigenvalue weighted by Gasteiger charge is 2.44. The first-order valence-electron chi connectivity index (χ1n) is 9.28. The van der Waals surface area contributed by atoms with Crippen molar-refractivity contribution < 1.29 is 17.9 Å². The van der Waals surface area contributed by atoms with Gasteiger partial charge in [-0.05, 0) is 55.9 Å². The molecule has 1 aromatic carbocycles. The summed E-state index contributed by atoms with van der Waals surface area (Å²) in [6, 6.07) is 4.10. The Morgan fingerprint density at radius 3 is 2.40 bits per heavy atom. The van der Waals surface area contributed by atoms with E-state index in [0.717, 1.165) is 18.4 Å². The van der Waals surface area contributed by atoms with Crippen LogP contribution in [0.2, 0.25) is 0 Å². The number of carbonyl (C=O) groups excluding carboxylic acids is 1. The Labute approximate surface area is 149 Å². The van der Waals surface area contributed by atoms with E-state index in [-0.39, 0.29) is 11.5 Å². The number of piperidine rings is 1. The highest BCUT2D eigenvalue weighted by Crippen LogP contribution is 2.41. The van der Waals surface area contributed by atoms with Gasteiger partial charge < -0.3 is 4.74 Å². The van der Waals surface area contributed by atoms with Gasteiger partial charge in [-0.1, -0.05) is 0 Å². The van der Waals surface area contributed by atoms with Crippen molar-refractivity contribution in [3.63, 3.8) is 0 Å². The van der Waals surface area contributed by atoms with Crippen LogP contribution in [0.3, 0.4) is 0 Å². The maximum absolute atomic E-state index is 12.8. The fourth-order valence-corrected chi connectivity index (χ4v) is 5.46. The number of hydrogen-bond acceptors (Lipinski definition) is 4. The molecule has 2 heterocycles. The Kier molecular flexibility index (Phi) is 4.15. The van der Waals surface area contributed by atoms with Gasteiger partial charge in [-0.15, -0.1) is 0 Å². The number of ketones is 1. The van der Waals surface area contributed by atoms with Crippen molar-refractivity contribution in [3.8, 4) is 5.75 Å². The lowest BCUT2D eigenvalue weighted by Gasteiger charge is -2.43. The summed E-state index contributed by atoms with van der Waals surface area (Å²) in [4.78, 5) is 12.8. The van der Waals surface area contributed by atoms with Crippen molar-refractivity contribution >= 4 is 15.8 Å². The molecule has 25 heavy (non-hydrogen) atoms. The quantitative estimate of drug-likeness (QED) is 0.810. The van der Waals surface area contributed by atoms with Crippen LogP contribution in [0.4, 0.5) is 0 Å². The Balaban J connectivity index is 1.58. The first kappa shape index (κ1) is 17.0. The molecule has 0 saturated carbocycles. The third-order valence-corrected chi connectivity index (χ3v) is 7.83. The molecule has 1 saturated heterocycles. The summed E-state index contributed by atoms with van der Waals surface area (Å²) in [5, 5.41) is 0. The zero-order valence-corrected chi connectivity index (χ0v) is 15.5. The van der Waals surface area contributed by atoms with E-state index < -0.39 is 15.6 Å². The van der Waals surface area contributed by atoms with E-state index in [1.54, 1.807) is 6.92 Å². The molecule has 6 heteroatoms. The summed E-state index contributed by atoms with van der Waals surface area (Å²) in [6.45, 7) is 2.53. The van der Waals surface area contributed by atoms with Crippen LogP contribution in [0.5, 0.6) is 5.75 Å². The molecular formula is C19H25NO4S. The second-order valence-electron chi connectivity index (χ2n) is 7.51. The van der Waals surface area contributed by atoms with Gasteiger partial charge in [0, 0.05) is 25.9 Å². The minimum absolute atomic E-state index is 0.120. The second kappa shape index (κ2) is 6.09. The first-order valence-corrected chi connectivity index (χ1v) is 10.9. The lowest BCUT2D eigenvalue weighted by molar-refractivity contribution is 0.00583. The van der Waals surface area contributed by atoms with E-state index in [4.69, 9.17) is 4.74 Å². The Morgan fingerprint density at radius 2 is 1.76 bits per heavy atom. The van der Waals surface area contributed by atoms with Gasteiger partial charge in [0.05, 0.1) is 17.7 Å². The van der Waals surface area contributed by atoms with Crippen LogP contribution in [0, 0.1) is 0 Å². The van der Waals surface area contributed by atoms with Gasteiger partial charge in [0.15, 0.2) is 5.78 Å². The number of carbonyl (C=O) groups is 1. The van der Waals surface area contributed by atoms with E-state index in [1.165, 1.54) is 28.3 Å². The third-order valence-electron chi connectivity index (χ3n) is 5.95. The number of rotatable bonds is 2. The fraction of sp³-hybridized carbons (Fsp3) is 0.632. The lowest BCUT2D eigenvalue weighted by atomic mass is 9.81. The molecule has 0 aromatic heterocycles. The van der Waals surface area contributed by atoms with Crippen molar-refractivity contribution in [2.75, 3.05) is 18.8 Å². The maximum Gasteiger partial charge on any atom is 0.213 e. The van der Waals surface area contributed by atoms with Crippen molar-refractivity contribution in [1.29, 1.82) is 0 Å². The van der Waals surface area contributed by atoms with Crippen molar-refractivity contribution in [3.05, 3.63) is 28.8 Å². The third kappa shape index (κ3) is 2.99. The summed E-state index contributed by atoms with van der Waals surface area (Å²) in [5.41, 5.74) is 2.78. The van der Waals surface area contributed by atoms with E-state index in [1.807, 2.05) is 6.07 Å². The fourth-order valence-electron chi connectivity index (χ4n) is 4.36. The molecule has 0 radical (unpaired) electrons. The van der Waals surface area contributed by atoms with Crippen LogP contribution < -0.4 is 4.74 Å². The summed E-state index contributed by atoms with van der Waals surface area (Å²) in [6.07, 6.45) is 5.99. The first-order chi connectivity index (χ1) is 11.9. The second-order valence-corrected chi connectivity index (χ2v) is 9.77. The molecule has 4 rings (SSSR count). The molecular weight excluding hydrogens is 338 g/mol. The monoisotopic (exact) mass is 363 g/mol. The van der Waals surface area contributed by atoms with Gasteiger partial charge in [-0.25, -0.2) is 12.7 Å². The van der Waals surface area contributed by atoms with E-state index >= 15 is 0 Å². The number of hydrogen-bond donors (Lipinski definition) is 0. The predicted octanol–water partition coefficient (Wildman–Crippen LogP) is 2.71. The number of sulfonamides is 1. The van der Waals surface area contributed by atoms with Gasteiger partial charge in [0.25, 0.3) is 0 Å². The standard InChI is InChI=1S/C19H25NO4S/c1-2-25(22,23)20-9-7-19(8-10-20)13-17(21)16-11-14-5-3-4-6-15(14)12-18(16)24-19/h11-12H,2-10,13H2,1H3. The Hall–Kier alpha value is -1.40. The van der Waals surface area contributed by atoms with Gasteiger partial charge in [-0.3, -0.25) is 4.79 Å². The highest BCUT2D eigenvalue weighted by atomic mass is 32.2. The SMILES string of the molecule is CCS(=O)(=O)N1CCC2(CC1)CC(=O)c1cc3c(cc1O2)CCCC3. The van der Waals surface area contributed by atoms with E-state index in [0.29, 0.717) is 38.1 Å². The number of aryl methyl sites for hydroxylation is 2. The zero-order valence-electron chi connectivity index (χ0n) is 14.7. The molecule has 3 aliphatic rings. The molecule has 1 aromatic rings. The molecule has 0 bridgehead atoms. The highest BCUT2D eigenvalue weighted by molar-refractivity contribution is 7.89. The number of fused-ring (bicyclic) bond motifs is 2. The average Bonchev–Trinajstić information content (AvgIpc) is 2.61. The van der Waals surface area contributed by atoms with Crippen LogP contribution in [0.25, 0.3) is 0 Å². The van der Waals surface area contributed by atoms with Crippen LogP contribution in [-0.2, 0) is 22.9 Å². The number of benzene rings is 1. The van der Waals surface area contributed by atoms with Crippen LogP contribution in [0.15, 0.2) is 12.1 Å². The lowest BCUT2D eigenvalue weighted by Crippen LogP contribution is -2.52. The van der Waals surface area contributed by atoms with Crippen LogP contribution in [0.1, 0.15) is 60.5 Å². The van der Waals surface area contributed by atoms with Crippen molar-refractivity contribution in [1.82, 2.24) is 4.31 Å². The Morgan fingerprint density at radius 1 is 1.12 bits per heavy atom. The van der Waals surface area contributed by atoms with Gasteiger partial charge >= 0.3 is 0 Å². The smallest absolute Gasteiger partial charge is 0.213 e. The molecule has 2 aliphatic heterocycles. The molecule has 0 N–H and O–H groups in total. The van der Waals surface area contributed by atoms with Crippen molar-refractivity contribution in [2.45, 2.75) is 57.5 Å². The zero-order chi connectivity index (χ0) is 17.7. The van der Waals surface area contributed by atoms with E-state index in [2.05, 4.69) is 6.07 Å². The van der Waals surface area contributed by atoms with Crippen LogP contribution >= 0.6 is 0 Å².